The molecule has 1 amide bonds. The Bertz CT molecular complexity index is 730. The van der Waals surface area contributed by atoms with Crippen molar-refractivity contribution in [2.24, 2.45) is 5.92 Å². The van der Waals surface area contributed by atoms with Gasteiger partial charge in [0.05, 0.1) is 6.04 Å². The van der Waals surface area contributed by atoms with Gasteiger partial charge in [-0.05, 0) is 62.4 Å². The van der Waals surface area contributed by atoms with Crippen LogP contribution in [0.4, 0.5) is 5.69 Å². The van der Waals surface area contributed by atoms with Crippen molar-refractivity contribution < 1.29 is 9.53 Å². The molecule has 0 saturated carbocycles. The predicted octanol–water partition coefficient (Wildman–Crippen LogP) is 4.57. The van der Waals surface area contributed by atoms with Gasteiger partial charge in [-0.25, -0.2) is 0 Å². The predicted molar refractivity (Wildman–Crippen MR) is 110 cm³/mol. The van der Waals surface area contributed by atoms with Crippen molar-refractivity contribution in [2.45, 2.75) is 45.8 Å². The minimum Gasteiger partial charge on any atom is -0.481 e. The summed E-state index contributed by atoms with van der Waals surface area (Å²) in [5.74, 6) is 1.34. The molecule has 2 aromatic carbocycles. The molecule has 27 heavy (non-hydrogen) atoms. The first kappa shape index (κ1) is 19.3. The molecule has 1 heterocycles. The van der Waals surface area contributed by atoms with Crippen molar-refractivity contribution in [3.05, 3.63) is 60.2 Å². The second kappa shape index (κ2) is 8.94. The number of anilines is 1. The molecule has 1 fully saturated rings. The molecule has 0 unspecified atom stereocenters. The van der Waals surface area contributed by atoms with Crippen LogP contribution in [0.2, 0.25) is 0 Å². The van der Waals surface area contributed by atoms with Gasteiger partial charge in [0.15, 0.2) is 6.10 Å². The molecule has 3 atom stereocenters. The van der Waals surface area contributed by atoms with Crippen molar-refractivity contribution in [1.29, 1.82) is 0 Å². The molecular formula is C23H30N2O2. The Balaban J connectivity index is 1.55. The lowest BCUT2D eigenvalue weighted by molar-refractivity contribution is -0.127. The monoisotopic (exact) mass is 366 g/mol. The molecule has 0 spiro atoms. The molecular weight excluding hydrogens is 336 g/mol. The van der Waals surface area contributed by atoms with Crippen molar-refractivity contribution in [3.8, 4) is 5.75 Å². The molecule has 1 aliphatic heterocycles. The van der Waals surface area contributed by atoms with Crippen LogP contribution in [0.3, 0.4) is 0 Å². The Hall–Kier alpha value is -2.49. The van der Waals surface area contributed by atoms with Crippen LogP contribution >= 0.6 is 0 Å². The molecule has 1 N–H and O–H groups in total. The third-order valence-corrected chi connectivity index (χ3v) is 5.20. The van der Waals surface area contributed by atoms with Gasteiger partial charge in [0.1, 0.15) is 5.75 Å². The van der Waals surface area contributed by atoms with Gasteiger partial charge in [0.2, 0.25) is 0 Å². The van der Waals surface area contributed by atoms with Crippen LogP contribution in [0.5, 0.6) is 5.75 Å². The number of rotatable bonds is 6. The summed E-state index contributed by atoms with van der Waals surface area (Å²) in [6.07, 6.45) is 2.04. The summed E-state index contributed by atoms with van der Waals surface area (Å²) in [6, 6.07) is 17.9. The number of hydrogen-bond donors (Lipinski definition) is 1. The van der Waals surface area contributed by atoms with E-state index in [9.17, 15) is 4.79 Å². The summed E-state index contributed by atoms with van der Waals surface area (Å²) in [4.78, 5) is 14.9. The number of hydrogen-bond acceptors (Lipinski definition) is 3. The van der Waals surface area contributed by atoms with Gasteiger partial charge in [-0.15, -0.1) is 0 Å². The summed E-state index contributed by atoms with van der Waals surface area (Å²) in [5.41, 5.74) is 2.37. The number of amides is 1. The number of nitrogens with one attached hydrogen (secondary N) is 1. The van der Waals surface area contributed by atoms with E-state index >= 15 is 0 Å². The Morgan fingerprint density at radius 1 is 1.11 bits per heavy atom. The van der Waals surface area contributed by atoms with Crippen LogP contribution in [-0.4, -0.2) is 25.1 Å². The topological polar surface area (TPSA) is 41.6 Å². The zero-order valence-corrected chi connectivity index (χ0v) is 16.5. The lowest BCUT2D eigenvalue weighted by atomic mass is 9.99. The number of carbonyl (C=O) groups is 1. The van der Waals surface area contributed by atoms with Crippen LogP contribution in [0.25, 0.3) is 0 Å². The first-order valence-corrected chi connectivity index (χ1v) is 9.90. The highest BCUT2D eigenvalue weighted by atomic mass is 16.5. The average Bonchev–Trinajstić information content (AvgIpc) is 2.69. The van der Waals surface area contributed by atoms with E-state index < -0.39 is 6.10 Å². The summed E-state index contributed by atoms with van der Waals surface area (Å²) in [5, 5.41) is 3.04. The normalized spacial score (nSPS) is 19.2. The van der Waals surface area contributed by atoms with Crippen molar-refractivity contribution in [2.75, 3.05) is 18.0 Å². The summed E-state index contributed by atoms with van der Waals surface area (Å²) >= 11 is 0. The van der Waals surface area contributed by atoms with E-state index in [1.165, 1.54) is 18.5 Å². The van der Waals surface area contributed by atoms with Crippen molar-refractivity contribution in [1.82, 2.24) is 5.32 Å². The van der Waals surface area contributed by atoms with Gasteiger partial charge >= 0.3 is 0 Å². The highest BCUT2D eigenvalue weighted by Gasteiger charge is 2.19. The zero-order valence-electron chi connectivity index (χ0n) is 16.5. The Kier molecular flexibility index (Phi) is 6.38. The lowest BCUT2D eigenvalue weighted by Gasteiger charge is -2.33. The highest BCUT2D eigenvalue weighted by Crippen LogP contribution is 2.24. The SMILES string of the molecule is C[C@@H]1CCCN(c2ccc([C@H](C)NC(=O)[C@H](C)Oc3ccccc3)cc2)C1. The number of piperidine rings is 1. The molecule has 0 aromatic heterocycles. The molecule has 1 aliphatic rings. The molecule has 0 bridgehead atoms. The van der Waals surface area contributed by atoms with Gasteiger partial charge in [0, 0.05) is 18.8 Å². The molecule has 4 heteroatoms. The first-order chi connectivity index (χ1) is 13.0. The zero-order chi connectivity index (χ0) is 19.2. The maximum absolute atomic E-state index is 12.4. The molecule has 144 valence electrons. The molecule has 0 aliphatic carbocycles. The second-order valence-electron chi connectivity index (χ2n) is 7.59. The molecule has 3 rings (SSSR count). The molecule has 4 nitrogen and oxygen atoms in total. The van der Waals surface area contributed by atoms with Crippen LogP contribution in [-0.2, 0) is 4.79 Å². The fraction of sp³-hybridized carbons (Fsp3) is 0.435. The second-order valence-corrected chi connectivity index (χ2v) is 7.59. The summed E-state index contributed by atoms with van der Waals surface area (Å²) in [7, 11) is 0. The standard InChI is InChI=1S/C23H30N2O2/c1-17-8-7-15-25(16-17)21-13-11-20(12-14-21)18(2)24-23(26)19(3)27-22-9-5-4-6-10-22/h4-6,9-14,17-19H,7-8,15-16H2,1-3H3,(H,24,26)/t17-,18+,19+/m1/s1. The van der Waals surface area contributed by atoms with E-state index in [1.807, 2.05) is 37.3 Å². The van der Waals surface area contributed by atoms with E-state index in [2.05, 4.69) is 41.4 Å². The fourth-order valence-corrected chi connectivity index (χ4v) is 3.57. The number of nitrogens with zero attached hydrogens (tertiary/aromatic N) is 1. The van der Waals surface area contributed by atoms with Crippen LogP contribution in [0.15, 0.2) is 54.6 Å². The maximum atomic E-state index is 12.4. The lowest BCUT2D eigenvalue weighted by Crippen LogP contribution is -2.37. The molecule has 1 saturated heterocycles. The Morgan fingerprint density at radius 2 is 1.81 bits per heavy atom. The number of ether oxygens (including phenoxy) is 1. The third kappa shape index (κ3) is 5.25. The average molecular weight is 367 g/mol. The van der Waals surface area contributed by atoms with Crippen molar-refractivity contribution in [3.63, 3.8) is 0 Å². The minimum atomic E-state index is -0.538. The van der Waals surface area contributed by atoms with Gasteiger partial charge in [0.25, 0.3) is 5.91 Å². The number of para-hydroxylation sites is 1. The Labute approximate surface area is 162 Å². The molecule has 0 radical (unpaired) electrons. The van der Waals surface area contributed by atoms with Gasteiger partial charge in [-0.3, -0.25) is 4.79 Å². The van der Waals surface area contributed by atoms with Crippen molar-refractivity contribution >= 4 is 11.6 Å². The highest BCUT2D eigenvalue weighted by molar-refractivity contribution is 5.81. The smallest absolute Gasteiger partial charge is 0.261 e. The number of carbonyl (C=O) groups excluding carboxylic acids is 1. The van der Waals surface area contributed by atoms with Gasteiger partial charge < -0.3 is 15.0 Å². The largest absolute Gasteiger partial charge is 0.481 e. The minimum absolute atomic E-state index is 0.0614. The van der Waals surface area contributed by atoms with E-state index in [1.54, 1.807) is 6.92 Å². The molecule has 2 aromatic rings. The fourth-order valence-electron chi connectivity index (χ4n) is 3.57. The maximum Gasteiger partial charge on any atom is 0.261 e. The van der Waals surface area contributed by atoms with Gasteiger partial charge in [-0.1, -0.05) is 37.3 Å². The third-order valence-electron chi connectivity index (χ3n) is 5.20. The quantitative estimate of drug-likeness (QED) is 0.814. The van der Waals surface area contributed by atoms with E-state index in [0.29, 0.717) is 5.75 Å². The van der Waals surface area contributed by atoms with Gasteiger partial charge in [-0.2, -0.15) is 0 Å². The van der Waals surface area contributed by atoms with Crippen LogP contribution < -0.4 is 15.0 Å². The van der Waals surface area contributed by atoms with E-state index in [0.717, 1.165) is 24.6 Å². The summed E-state index contributed by atoms with van der Waals surface area (Å²) in [6.45, 7) is 8.35. The summed E-state index contributed by atoms with van der Waals surface area (Å²) < 4.78 is 5.70. The van der Waals surface area contributed by atoms with E-state index in [4.69, 9.17) is 4.74 Å². The Morgan fingerprint density at radius 3 is 2.48 bits per heavy atom. The van der Waals surface area contributed by atoms with E-state index in [-0.39, 0.29) is 11.9 Å². The van der Waals surface area contributed by atoms with Crippen LogP contribution in [0.1, 0.15) is 45.2 Å². The van der Waals surface area contributed by atoms with Crippen LogP contribution in [0, 0.1) is 5.92 Å². The first-order valence-electron chi connectivity index (χ1n) is 9.90. The number of benzene rings is 2.